The SMILES string of the molecule is COC(=O)c1cc(N)cn1C(C)C. The number of rotatable bonds is 2. The number of nitrogen functional groups attached to an aromatic ring is 1. The van der Waals surface area contributed by atoms with Crippen molar-refractivity contribution in [2.75, 3.05) is 12.8 Å². The van der Waals surface area contributed by atoms with E-state index in [0.29, 0.717) is 11.4 Å². The van der Waals surface area contributed by atoms with E-state index in [2.05, 4.69) is 4.74 Å². The predicted molar refractivity (Wildman–Crippen MR) is 50.6 cm³/mol. The van der Waals surface area contributed by atoms with Crippen LogP contribution in [0, 0.1) is 0 Å². The van der Waals surface area contributed by atoms with Gasteiger partial charge in [-0.25, -0.2) is 4.79 Å². The molecule has 0 saturated heterocycles. The van der Waals surface area contributed by atoms with Gasteiger partial charge in [0.1, 0.15) is 5.69 Å². The third-order valence-electron chi connectivity index (χ3n) is 1.82. The molecule has 2 N–H and O–H groups in total. The van der Waals surface area contributed by atoms with Crippen LogP contribution in [-0.2, 0) is 4.74 Å². The molecule has 0 spiro atoms. The van der Waals surface area contributed by atoms with Crippen LogP contribution in [0.4, 0.5) is 5.69 Å². The summed E-state index contributed by atoms with van der Waals surface area (Å²) in [5.41, 5.74) is 6.65. The monoisotopic (exact) mass is 182 g/mol. The summed E-state index contributed by atoms with van der Waals surface area (Å²) >= 11 is 0. The van der Waals surface area contributed by atoms with Crippen molar-refractivity contribution < 1.29 is 9.53 Å². The highest BCUT2D eigenvalue weighted by atomic mass is 16.5. The molecule has 0 atom stereocenters. The first-order valence-electron chi connectivity index (χ1n) is 4.12. The number of nitrogens with two attached hydrogens (primary N) is 1. The van der Waals surface area contributed by atoms with E-state index in [0.717, 1.165) is 0 Å². The number of hydrogen-bond donors (Lipinski definition) is 1. The molecule has 0 amide bonds. The van der Waals surface area contributed by atoms with E-state index in [9.17, 15) is 4.79 Å². The normalized spacial score (nSPS) is 10.5. The standard InChI is InChI=1S/C9H14N2O2/c1-6(2)11-5-7(10)4-8(11)9(12)13-3/h4-6H,10H2,1-3H3. The molecule has 13 heavy (non-hydrogen) atoms. The Hall–Kier alpha value is -1.45. The van der Waals surface area contributed by atoms with Crippen molar-refractivity contribution in [1.29, 1.82) is 0 Å². The molecule has 0 radical (unpaired) electrons. The molecule has 72 valence electrons. The Balaban J connectivity index is 3.11. The Kier molecular flexibility index (Phi) is 2.60. The highest BCUT2D eigenvalue weighted by molar-refractivity contribution is 5.89. The molecule has 0 unspecified atom stereocenters. The zero-order chi connectivity index (χ0) is 10.0. The van der Waals surface area contributed by atoms with Crippen LogP contribution in [0.5, 0.6) is 0 Å². The summed E-state index contributed by atoms with van der Waals surface area (Å²) in [5.74, 6) is -0.356. The molecule has 0 fully saturated rings. The first-order valence-corrected chi connectivity index (χ1v) is 4.12. The molecule has 1 heterocycles. The van der Waals surface area contributed by atoms with Gasteiger partial charge in [0.05, 0.1) is 12.8 Å². The summed E-state index contributed by atoms with van der Waals surface area (Å²) in [6, 6.07) is 1.82. The van der Waals surface area contributed by atoms with Crippen molar-refractivity contribution in [3.05, 3.63) is 18.0 Å². The second-order valence-corrected chi connectivity index (χ2v) is 3.15. The number of esters is 1. The van der Waals surface area contributed by atoms with Crippen molar-refractivity contribution in [1.82, 2.24) is 4.57 Å². The lowest BCUT2D eigenvalue weighted by molar-refractivity contribution is 0.0587. The number of anilines is 1. The van der Waals surface area contributed by atoms with Gasteiger partial charge in [0, 0.05) is 12.2 Å². The number of aromatic nitrogens is 1. The number of carbonyl (C=O) groups excluding carboxylic acids is 1. The number of carbonyl (C=O) groups is 1. The van der Waals surface area contributed by atoms with Gasteiger partial charge in [0.15, 0.2) is 0 Å². The zero-order valence-corrected chi connectivity index (χ0v) is 8.07. The molecule has 0 aliphatic carbocycles. The molecule has 4 nitrogen and oxygen atoms in total. The number of hydrogen-bond acceptors (Lipinski definition) is 3. The molecule has 0 aliphatic heterocycles. The van der Waals surface area contributed by atoms with Gasteiger partial charge in [-0.1, -0.05) is 0 Å². The molecule has 0 bridgehead atoms. The molecule has 1 aromatic heterocycles. The lowest BCUT2D eigenvalue weighted by Gasteiger charge is -2.10. The van der Waals surface area contributed by atoms with Crippen LogP contribution in [-0.4, -0.2) is 17.6 Å². The van der Waals surface area contributed by atoms with Crippen LogP contribution in [0.2, 0.25) is 0 Å². The summed E-state index contributed by atoms with van der Waals surface area (Å²) < 4.78 is 6.42. The second-order valence-electron chi connectivity index (χ2n) is 3.15. The molecule has 0 saturated carbocycles. The minimum absolute atomic E-state index is 0.200. The van der Waals surface area contributed by atoms with Crippen molar-refractivity contribution in [3.8, 4) is 0 Å². The first-order chi connectivity index (χ1) is 6.06. The summed E-state index contributed by atoms with van der Waals surface area (Å²) in [5, 5.41) is 0. The summed E-state index contributed by atoms with van der Waals surface area (Å²) in [7, 11) is 1.36. The molecule has 1 aromatic rings. The summed E-state index contributed by atoms with van der Waals surface area (Å²) in [4.78, 5) is 11.3. The van der Waals surface area contributed by atoms with E-state index >= 15 is 0 Å². The highest BCUT2D eigenvalue weighted by Gasteiger charge is 2.14. The zero-order valence-electron chi connectivity index (χ0n) is 8.07. The van der Waals surface area contributed by atoms with Gasteiger partial charge < -0.3 is 15.0 Å². The van der Waals surface area contributed by atoms with E-state index in [1.165, 1.54) is 7.11 Å². The average Bonchev–Trinajstić information content (AvgIpc) is 2.46. The fourth-order valence-electron chi connectivity index (χ4n) is 1.20. The lowest BCUT2D eigenvalue weighted by Crippen LogP contribution is -2.11. The largest absolute Gasteiger partial charge is 0.464 e. The Morgan fingerprint density at radius 1 is 1.62 bits per heavy atom. The molecule has 0 aliphatic rings. The topological polar surface area (TPSA) is 57.2 Å². The van der Waals surface area contributed by atoms with Crippen LogP contribution in [0.25, 0.3) is 0 Å². The molecule has 1 rings (SSSR count). The van der Waals surface area contributed by atoms with Crippen molar-refractivity contribution in [3.63, 3.8) is 0 Å². The Labute approximate surface area is 77.3 Å². The van der Waals surface area contributed by atoms with Crippen LogP contribution in [0.1, 0.15) is 30.4 Å². The maximum Gasteiger partial charge on any atom is 0.354 e. The van der Waals surface area contributed by atoms with Gasteiger partial charge in [-0.15, -0.1) is 0 Å². The Morgan fingerprint density at radius 3 is 2.69 bits per heavy atom. The third-order valence-corrected chi connectivity index (χ3v) is 1.82. The average molecular weight is 182 g/mol. The molecular weight excluding hydrogens is 168 g/mol. The van der Waals surface area contributed by atoms with Crippen molar-refractivity contribution in [2.45, 2.75) is 19.9 Å². The van der Waals surface area contributed by atoms with Gasteiger partial charge >= 0.3 is 5.97 Å². The van der Waals surface area contributed by atoms with Gasteiger partial charge in [-0.3, -0.25) is 0 Å². The highest BCUT2D eigenvalue weighted by Crippen LogP contribution is 2.16. The van der Waals surface area contributed by atoms with E-state index in [1.54, 1.807) is 16.8 Å². The number of nitrogens with zero attached hydrogens (tertiary/aromatic N) is 1. The van der Waals surface area contributed by atoms with Gasteiger partial charge in [0.2, 0.25) is 0 Å². The van der Waals surface area contributed by atoms with Gasteiger partial charge in [-0.05, 0) is 19.9 Å². The Morgan fingerprint density at radius 2 is 2.23 bits per heavy atom. The number of ether oxygens (including phenoxy) is 1. The fourth-order valence-corrected chi connectivity index (χ4v) is 1.20. The number of methoxy groups -OCH3 is 1. The minimum atomic E-state index is -0.356. The smallest absolute Gasteiger partial charge is 0.354 e. The molecular formula is C9H14N2O2. The first kappa shape index (κ1) is 9.64. The van der Waals surface area contributed by atoms with E-state index in [1.807, 2.05) is 13.8 Å². The van der Waals surface area contributed by atoms with E-state index in [-0.39, 0.29) is 12.0 Å². The van der Waals surface area contributed by atoms with Crippen LogP contribution in [0.3, 0.4) is 0 Å². The predicted octanol–water partition coefficient (Wildman–Crippen LogP) is 1.44. The van der Waals surface area contributed by atoms with Crippen molar-refractivity contribution >= 4 is 11.7 Å². The maximum atomic E-state index is 11.3. The van der Waals surface area contributed by atoms with Crippen LogP contribution >= 0.6 is 0 Å². The third kappa shape index (κ3) is 1.83. The maximum absolute atomic E-state index is 11.3. The van der Waals surface area contributed by atoms with Crippen LogP contribution in [0.15, 0.2) is 12.3 Å². The quantitative estimate of drug-likeness (QED) is 0.704. The van der Waals surface area contributed by atoms with Gasteiger partial charge in [0.25, 0.3) is 0 Å². The van der Waals surface area contributed by atoms with Gasteiger partial charge in [-0.2, -0.15) is 0 Å². The van der Waals surface area contributed by atoms with Crippen molar-refractivity contribution in [2.24, 2.45) is 0 Å². The van der Waals surface area contributed by atoms with Crippen LogP contribution < -0.4 is 5.73 Å². The molecule has 4 heteroatoms. The summed E-state index contributed by atoms with van der Waals surface area (Å²) in [6.07, 6.45) is 1.73. The fraction of sp³-hybridized carbons (Fsp3) is 0.444. The minimum Gasteiger partial charge on any atom is -0.464 e. The molecule has 0 aromatic carbocycles. The van der Waals surface area contributed by atoms with E-state index < -0.39 is 0 Å². The summed E-state index contributed by atoms with van der Waals surface area (Å²) in [6.45, 7) is 3.96. The lowest BCUT2D eigenvalue weighted by atomic mass is 10.3. The Bertz CT molecular complexity index is 315. The second kappa shape index (κ2) is 3.51. The van der Waals surface area contributed by atoms with E-state index in [4.69, 9.17) is 5.73 Å².